The minimum Gasteiger partial charge on any atom is -0.459 e. The molecule has 0 spiro atoms. The van der Waals surface area contributed by atoms with Gasteiger partial charge in [0, 0.05) is 6.04 Å². The molecule has 0 saturated carbocycles. The first-order chi connectivity index (χ1) is 4.33. The lowest BCUT2D eigenvalue weighted by Crippen LogP contribution is -2.38. The van der Waals surface area contributed by atoms with Crippen LogP contribution in [0.1, 0.15) is 12.8 Å². The van der Waals surface area contributed by atoms with Crippen molar-refractivity contribution in [1.29, 1.82) is 0 Å². The number of hydrogen-bond acceptors (Lipinski definition) is 2. The third kappa shape index (κ3) is 1.95. The van der Waals surface area contributed by atoms with E-state index in [0.29, 0.717) is 0 Å². The molecule has 0 atom stereocenters. The summed E-state index contributed by atoms with van der Waals surface area (Å²) in [6.45, 7) is 2.29. The Hall–Kier alpha value is -0.0800. The molecular formula is C7H15N2-. The first-order valence-electron chi connectivity index (χ1n) is 3.55. The summed E-state index contributed by atoms with van der Waals surface area (Å²) in [6, 6.07) is 0.739. The molecule has 0 aliphatic carbocycles. The van der Waals surface area contributed by atoms with E-state index >= 15 is 0 Å². The number of hydrogen-bond donors (Lipinski definition) is 1. The zero-order valence-electron chi connectivity index (χ0n) is 6.06. The number of nitrogens with zero attached hydrogens (tertiary/aromatic N) is 1. The van der Waals surface area contributed by atoms with E-state index in [1.807, 2.05) is 7.05 Å². The van der Waals surface area contributed by atoms with E-state index in [1.54, 1.807) is 0 Å². The molecule has 1 N–H and O–H groups in total. The largest absolute Gasteiger partial charge is 0.459 e. The van der Waals surface area contributed by atoms with Gasteiger partial charge in [-0.1, -0.05) is 0 Å². The number of rotatable bonds is 1. The van der Waals surface area contributed by atoms with Crippen LogP contribution in [0.2, 0.25) is 0 Å². The topological polar surface area (TPSA) is 15.3 Å². The summed E-state index contributed by atoms with van der Waals surface area (Å²) in [6.07, 6.45) is 2.50. The molecule has 0 bridgehead atoms. The van der Waals surface area contributed by atoms with Gasteiger partial charge in [0.15, 0.2) is 0 Å². The van der Waals surface area contributed by atoms with Gasteiger partial charge in [0.05, 0.1) is 0 Å². The summed E-state index contributed by atoms with van der Waals surface area (Å²) in [5, 5.41) is 3.27. The first-order valence-corrected chi connectivity index (χ1v) is 3.55. The van der Waals surface area contributed by atoms with Crippen LogP contribution < -0.4 is 5.32 Å². The predicted molar refractivity (Wildman–Crippen MR) is 39.0 cm³/mol. The third-order valence-corrected chi connectivity index (χ3v) is 2.00. The van der Waals surface area contributed by atoms with Crippen LogP contribution in [0.15, 0.2) is 0 Å². The van der Waals surface area contributed by atoms with Crippen molar-refractivity contribution < 1.29 is 0 Å². The standard InChI is InChI=1S/C7H15N2/c1-8-7-3-5-9(2)6-4-7/h7-8H,2-6H2,1H3/q-1. The molecule has 1 fully saturated rings. The zero-order chi connectivity index (χ0) is 6.69. The van der Waals surface area contributed by atoms with Gasteiger partial charge < -0.3 is 10.2 Å². The van der Waals surface area contributed by atoms with Gasteiger partial charge in [-0.3, -0.25) is 7.05 Å². The molecule has 0 aromatic heterocycles. The van der Waals surface area contributed by atoms with Crippen molar-refractivity contribution in [2.75, 3.05) is 20.1 Å². The fraction of sp³-hybridized carbons (Fsp3) is 0.857. The number of likely N-dealkylation sites (tertiary alicyclic amines) is 1. The Labute approximate surface area is 57.2 Å². The smallest absolute Gasteiger partial charge is 0.00866 e. The lowest BCUT2D eigenvalue weighted by molar-refractivity contribution is 0.263. The highest BCUT2D eigenvalue weighted by Crippen LogP contribution is 2.07. The molecule has 1 aliphatic rings. The van der Waals surface area contributed by atoms with Crippen LogP contribution in [-0.2, 0) is 0 Å². The van der Waals surface area contributed by atoms with E-state index in [4.69, 9.17) is 0 Å². The highest BCUT2D eigenvalue weighted by Gasteiger charge is 2.10. The zero-order valence-corrected chi connectivity index (χ0v) is 6.06. The Balaban J connectivity index is 2.18. The van der Waals surface area contributed by atoms with Crippen LogP contribution in [0.3, 0.4) is 0 Å². The normalized spacial score (nSPS) is 24.7. The van der Waals surface area contributed by atoms with E-state index in [-0.39, 0.29) is 0 Å². The molecule has 1 heterocycles. The second-order valence-corrected chi connectivity index (χ2v) is 2.68. The summed E-state index contributed by atoms with van der Waals surface area (Å²) in [4.78, 5) is 2.13. The number of nitrogens with one attached hydrogen (secondary N) is 1. The molecule has 0 amide bonds. The maximum Gasteiger partial charge on any atom is 0.00866 e. The molecule has 2 heteroatoms. The second kappa shape index (κ2) is 3.18. The minimum atomic E-state index is 0.739. The second-order valence-electron chi connectivity index (χ2n) is 2.68. The average Bonchev–Trinajstić information content (AvgIpc) is 1.90. The summed E-state index contributed by atoms with van der Waals surface area (Å²) >= 11 is 0. The van der Waals surface area contributed by atoms with Crippen molar-refractivity contribution in [3.05, 3.63) is 7.05 Å². The highest BCUT2D eigenvalue weighted by molar-refractivity contribution is 4.74. The lowest BCUT2D eigenvalue weighted by atomic mass is 10.1. The van der Waals surface area contributed by atoms with Gasteiger partial charge in [-0.15, -0.1) is 0 Å². The number of piperidine rings is 1. The van der Waals surface area contributed by atoms with Gasteiger partial charge in [-0.25, -0.2) is 0 Å². The van der Waals surface area contributed by atoms with Crippen molar-refractivity contribution in [1.82, 2.24) is 10.2 Å². The molecule has 0 aromatic rings. The van der Waals surface area contributed by atoms with Crippen molar-refractivity contribution in [3.63, 3.8) is 0 Å². The summed E-state index contributed by atoms with van der Waals surface area (Å²) in [5.41, 5.74) is 0. The van der Waals surface area contributed by atoms with Gasteiger partial charge >= 0.3 is 0 Å². The van der Waals surface area contributed by atoms with Crippen LogP contribution >= 0.6 is 0 Å². The van der Waals surface area contributed by atoms with E-state index in [9.17, 15) is 0 Å². The Kier molecular flexibility index (Phi) is 2.49. The highest BCUT2D eigenvalue weighted by atomic mass is 15.1. The fourth-order valence-corrected chi connectivity index (χ4v) is 1.22. The Morgan fingerprint density at radius 2 is 2.00 bits per heavy atom. The van der Waals surface area contributed by atoms with Crippen LogP contribution in [0.4, 0.5) is 0 Å². The summed E-state index contributed by atoms with van der Waals surface area (Å²) in [5.74, 6) is 0. The minimum absolute atomic E-state index is 0.739. The van der Waals surface area contributed by atoms with Crippen LogP contribution in [-0.4, -0.2) is 31.1 Å². The van der Waals surface area contributed by atoms with Gasteiger partial charge in [-0.05, 0) is 33.0 Å². The van der Waals surface area contributed by atoms with Crippen molar-refractivity contribution in [2.24, 2.45) is 0 Å². The van der Waals surface area contributed by atoms with E-state index < -0.39 is 0 Å². The predicted octanol–water partition coefficient (Wildman–Crippen LogP) is 0.462. The van der Waals surface area contributed by atoms with E-state index in [1.165, 1.54) is 12.8 Å². The van der Waals surface area contributed by atoms with Gasteiger partial charge in [-0.2, -0.15) is 0 Å². The third-order valence-electron chi connectivity index (χ3n) is 2.00. The summed E-state index contributed by atoms with van der Waals surface area (Å²) < 4.78 is 0. The molecule has 1 saturated heterocycles. The molecule has 0 radical (unpaired) electrons. The molecular weight excluding hydrogens is 112 g/mol. The molecule has 0 unspecified atom stereocenters. The molecule has 2 nitrogen and oxygen atoms in total. The molecule has 54 valence electrons. The maximum absolute atomic E-state index is 3.87. The maximum atomic E-state index is 3.87. The molecule has 1 aliphatic heterocycles. The first kappa shape index (κ1) is 7.03. The quantitative estimate of drug-likeness (QED) is 0.515. The van der Waals surface area contributed by atoms with Gasteiger partial charge in [0.2, 0.25) is 0 Å². The fourth-order valence-electron chi connectivity index (χ4n) is 1.22. The van der Waals surface area contributed by atoms with E-state index in [0.717, 1.165) is 19.1 Å². The Morgan fingerprint density at radius 1 is 1.44 bits per heavy atom. The van der Waals surface area contributed by atoms with Gasteiger partial charge in [0.25, 0.3) is 0 Å². The van der Waals surface area contributed by atoms with Crippen molar-refractivity contribution >= 4 is 0 Å². The Morgan fingerprint density at radius 3 is 2.44 bits per heavy atom. The van der Waals surface area contributed by atoms with Crippen LogP contribution in [0.5, 0.6) is 0 Å². The van der Waals surface area contributed by atoms with Crippen LogP contribution in [0, 0.1) is 7.05 Å². The Bertz CT molecular complexity index is 75.0. The van der Waals surface area contributed by atoms with Crippen molar-refractivity contribution in [3.8, 4) is 0 Å². The van der Waals surface area contributed by atoms with Crippen molar-refractivity contribution in [2.45, 2.75) is 18.9 Å². The lowest BCUT2D eigenvalue weighted by Gasteiger charge is -2.34. The summed E-state index contributed by atoms with van der Waals surface area (Å²) in [7, 11) is 5.90. The molecule has 0 aromatic carbocycles. The SMILES string of the molecule is [CH2-]N1CCC(NC)CC1. The van der Waals surface area contributed by atoms with E-state index in [2.05, 4.69) is 17.3 Å². The van der Waals surface area contributed by atoms with Crippen LogP contribution in [0.25, 0.3) is 0 Å². The monoisotopic (exact) mass is 127 g/mol. The average molecular weight is 127 g/mol. The molecule has 1 rings (SSSR count). The molecule has 9 heavy (non-hydrogen) atoms. The van der Waals surface area contributed by atoms with Gasteiger partial charge in [0.1, 0.15) is 0 Å².